The predicted molar refractivity (Wildman–Crippen MR) is 78.5 cm³/mol. The van der Waals surface area contributed by atoms with Gasteiger partial charge in [0.15, 0.2) is 0 Å². The Morgan fingerprint density at radius 1 is 1.29 bits per heavy atom. The van der Waals surface area contributed by atoms with Crippen molar-refractivity contribution in [1.29, 1.82) is 0 Å². The first-order valence-corrected chi connectivity index (χ1v) is 7.66. The lowest BCUT2D eigenvalue weighted by Gasteiger charge is -2.17. The number of benzene rings is 1. The van der Waals surface area contributed by atoms with Crippen LogP contribution in [0.25, 0.3) is 0 Å². The first-order valence-electron chi connectivity index (χ1n) is 6.11. The van der Waals surface area contributed by atoms with E-state index in [1.807, 2.05) is 0 Å². The minimum atomic E-state index is -3.74. The zero-order chi connectivity index (χ0) is 15.8. The molecule has 2 N–H and O–H groups in total. The van der Waals surface area contributed by atoms with Gasteiger partial charge in [0.1, 0.15) is 5.69 Å². The van der Waals surface area contributed by atoms with Crippen molar-refractivity contribution in [3.63, 3.8) is 0 Å². The number of primary sulfonamides is 1. The molecule has 0 saturated heterocycles. The van der Waals surface area contributed by atoms with Crippen molar-refractivity contribution in [2.45, 2.75) is 11.8 Å². The number of nitrogens with two attached hydrogens (primary N) is 1. The van der Waals surface area contributed by atoms with E-state index in [0.29, 0.717) is 11.4 Å². The van der Waals surface area contributed by atoms with Gasteiger partial charge in [-0.3, -0.25) is 9.48 Å². The Morgan fingerprint density at radius 2 is 1.86 bits per heavy atom. The van der Waals surface area contributed by atoms with Gasteiger partial charge in [0.2, 0.25) is 10.0 Å². The molecule has 21 heavy (non-hydrogen) atoms. The Labute approximate surface area is 123 Å². The number of carbonyl (C=O) groups is 1. The second-order valence-electron chi connectivity index (χ2n) is 4.70. The van der Waals surface area contributed by atoms with E-state index < -0.39 is 10.0 Å². The smallest absolute Gasteiger partial charge is 0.276 e. The maximum absolute atomic E-state index is 12.4. The van der Waals surface area contributed by atoms with E-state index in [-0.39, 0.29) is 10.8 Å². The van der Waals surface area contributed by atoms with Crippen molar-refractivity contribution in [1.82, 2.24) is 9.78 Å². The lowest BCUT2D eigenvalue weighted by Crippen LogP contribution is -2.28. The molecule has 112 valence electrons. The number of carbonyl (C=O) groups excluding carboxylic acids is 1. The number of hydrogen-bond donors (Lipinski definition) is 1. The number of sulfonamides is 1. The molecular formula is C13H16N4O3S. The fourth-order valence-electron chi connectivity index (χ4n) is 1.96. The van der Waals surface area contributed by atoms with Crippen molar-refractivity contribution < 1.29 is 13.2 Å². The largest absolute Gasteiger partial charge is 0.310 e. The predicted octanol–water partition coefficient (Wildman–Crippen LogP) is 0.653. The minimum absolute atomic E-state index is 0.00322. The third-order valence-electron chi connectivity index (χ3n) is 3.08. The normalized spacial score (nSPS) is 11.4. The van der Waals surface area contributed by atoms with Gasteiger partial charge in [-0.15, -0.1) is 0 Å². The standard InChI is InChI=1S/C13H16N4O3S/c1-9-8-12(17(3)15-9)13(18)16(2)10-4-6-11(7-5-10)21(14,19)20/h4-8H,1-3H3,(H2,14,19,20). The first-order chi connectivity index (χ1) is 9.70. The van der Waals surface area contributed by atoms with E-state index in [0.717, 1.165) is 5.69 Å². The third-order valence-corrected chi connectivity index (χ3v) is 4.01. The van der Waals surface area contributed by atoms with Crippen molar-refractivity contribution >= 4 is 21.6 Å². The molecule has 0 saturated carbocycles. The Kier molecular flexibility index (Phi) is 3.84. The van der Waals surface area contributed by atoms with Crippen LogP contribution in [0.5, 0.6) is 0 Å². The summed E-state index contributed by atoms with van der Waals surface area (Å²) in [5, 5.41) is 9.16. The number of nitrogens with zero attached hydrogens (tertiary/aromatic N) is 3. The Hall–Kier alpha value is -2.19. The molecule has 7 nitrogen and oxygen atoms in total. The van der Waals surface area contributed by atoms with Crippen molar-refractivity contribution in [2.24, 2.45) is 12.2 Å². The number of hydrogen-bond acceptors (Lipinski definition) is 4. The maximum Gasteiger partial charge on any atom is 0.276 e. The molecule has 0 unspecified atom stereocenters. The van der Waals surface area contributed by atoms with Gasteiger partial charge < -0.3 is 4.90 Å². The molecule has 0 fully saturated rings. The number of rotatable bonds is 3. The monoisotopic (exact) mass is 308 g/mol. The van der Waals surface area contributed by atoms with Crippen LogP contribution in [-0.2, 0) is 17.1 Å². The summed E-state index contributed by atoms with van der Waals surface area (Å²) in [7, 11) is -0.438. The topological polar surface area (TPSA) is 98.3 Å². The molecular weight excluding hydrogens is 292 g/mol. The van der Waals surface area contributed by atoms with Gasteiger partial charge in [-0.25, -0.2) is 13.6 Å². The zero-order valence-corrected chi connectivity index (χ0v) is 12.8. The van der Waals surface area contributed by atoms with Crippen LogP contribution in [0.15, 0.2) is 35.2 Å². The van der Waals surface area contributed by atoms with Crippen LogP contribution in [0.1, 0.15) is 16.2 Å². The highest BCUT2D eigenvalue weighted by Crippen LogP contribution is 2.18. The van der Waals surface area contributed by atoms with Gasteiger partial charge in [0.05, 0.1) is 10.6 Å². The zero-order valence-electron chi connectivity index (χ0n) is 11.9. The van der Waals surface area contributed by atoms with Gasteiger partial charge in [-0.2, -0.15) is 5.10 Å². The lowest BCUT2D eigenvalue weighted by atomic mass is 10.2. The SMILES string of the molecule is Cc1cc(C(=O)N(C)c2ccc(S(N)(=O)=O)cc2)n(C)n1. The molecule has 0 atom stereocenters. The van der Waals surface area contributed by atoms with E-state index in [9.17, 15) is 13.2 Å². The molecule has 0 aliphatic heterocycles. The highest BCUT2D eigenvalue weighted by Gasteiger charge is 2.18. The van der Waals surface area contributed by atoms with Gasteiger partial charge in [-0.05, 0) is 37.3 Å². The number of amides is 1. The van der Waals surface area contributed by atoms with Crippen molar-refractivity contribution in [3.05, 3.63) is 41.7 Å². The second-order valence-corrected chi connectivity index (χ2v) is 6.26. The molecule has 1 heterocycles. The third kappa shape index (κ3) is 3.11. The van der Waals surface area contributed by atoms with E-state index in [1.165, 1.54) is 33.8 Å². The summed E-state index contributed by atoms with van der Waals surface area (Å²) in [6.45, 7) is 1.80. The van der Waals surface area contributed by atoms with Crippen LogP contribution in [0, 0.1) is 6.92 Å². The summed E-state index contributed by atoms with van der Waals surface area (Å²) < 4.78 is 23.9. The number of aryl methyl sites for hydroxylation is 2. The fourth-order valence-corrected chi connectivity index (χ4v) is 2.47. The first kappa shape index (κ1) is 15.2. The highest BCUT2D eigenvalue weighted by molar-refractivity contribution is 7.89. The summed E-state index contributed by atoms with van der Waals surface area (Å²) in [4.78, 5) is 13.8. The number of aromatic nitrogens is 2. The molecule has 0 radical (unpaired) electrons. The van der Waals surface area contributed by atoms with Gasteiger partial charge >= 0.3 is 0 Å². The fraction of sp³-hybridized carbons (Fsp3) is 0.231. The van der Waals surface area contributed by atoms with Crippen LogP contribution in [-0.4, -0.2) is 31.2 Å². The van der Waals surface area contributed by atoms with E-state index >= 15 is 0 Å². The number of anilines is 1. The van der Waals surface area contributed by atoms with E-state index in [1.54, 1.807) is 27.1 Å². The van der Waals surface area contributed by atoms with E-state index in [4.69, 9.17) is 5.14 Å². The van der Waals surface area contributed by atoms with Crippen LogP contribution >= 0.6 is 0 Å². The van der Waals surface area contributed by atoms with Crippen LogP contribution < -0.4 is 10.0 Å². The van der Waals surface area contributed by atoms with Gasteiger partial charge in [0, 0.05) is 19.8 Å². The van der Waals surface area contributed by atoms with Gasteiger partial charge in [0.25, 0.3) is 5.91 Å². The molecule has 1 amide bonds. The van der Waals surface area contributed by atoms with Crippen LogP contribution in [0.2, 0.25) is 0 Å². The Bertz CT molecular complexity index is 778. The highest BCUT2D eigenvalue weighted by atomic mass is 32.2. The minimum Gasteiger partial charge on any atom is -0.310 e. The summed E-state index contributed by atoms with van der Waals surface area (Å²) in [5.74, 6) is -0.235. The molecule has 0 spiro atoms. The van der Waals surface area contributed by atoms with Gasteiger partial charge in [-0.1, -0.05) is 0 Å². The van der Waals surface area contributed by atoms with E-state index in [2.05, 4.69) is 5.10 Å². The summed E-state index contributed by atoms with van der Waals surface area (Å²) in [6.07, 6.45) is 0. The molecule has 1 aromatic carbocycles. The maximum atomic E-state index is 12.4. The average molecular weight is 308 g/mol. The quantitative estimate of drug-likeness (QED) is 0.900. The lowest BCUT2D eigenvalue weighted by molar-refractivity contribution is 0.0984. The summed E-state index contributed by atoms with van der Waals surface area (Å²) in [5.41, 5.74) is 1.76. The summed E-state index contributed by atoms with van der Waals surface area (Å²) in [6, 6.07) is 7.48. The molecule has 8 heteroatoms. The molecule has 1 aromatic heterocycles. The molecule has 2 aromatic rings. The van der Waals surface area contributed by atoms with Crippen molar-refractivity contribution in [2.75, 3.05) is 11.9 Å². The second kappa shape index (κ2) is 5.30. The summed E-state index contributed by atoms with van der Waals surface area (Å²) >= 11 is 0. The molecule has 2 rings (SSSR count). The van der Waals surface area contributed by atoms with Crippen LogP contribution in [0.3, 0.4) is 0 Å². The molecule has 0 aliphatic rings. The van der Waals surface area contributed by atoms with Crippen LogP contribution in [0.4, 0.5) is 5.69 Å². The van der Waals surface area contributed by atoms with Crippen molar-refractivity contribution in [3.8, 4) is 0 Å². The average Bonchev–Trinajstić information content (AvgIpc) is 2.75. The Morgan fingerprint density at radius 3 is 2.29 bits per heavy atom. The Balaban J connectivity index is 2.30. The molecule has 0 aliphatic carbocycles. The molecule has 0 bridgehead atoms.